The number of thiocarbonyl (C=S) groups is 1. The minimum Gasteiger partial charge on any atom is -0.389 e. The molecule has 0 fully saturated rings. The molecule has 4 nitrogen and oxygen atoms in total. The summed E-state index contributed by atoms with van der Waals surface area (Å²) in [6, 6.07) is 3.43. The fourth-order valence-corrected chi connectivity index (χ4v) is 0.897. The second kappa shape index (κ2) is 3.15. The second-order valence-corrected chi connectivity index (χ2v) is 2.57. The molecule has 1 aromatic rings. The zero-order valence-corrected chi connectivity index (χ0v) is 6.93. The molecule has 0 saturated carbocycles. The van der Waals surface area contributed by atoms with Crippen molar-refractivity contribution in [1.82, 2.24) is 4.98 Å². The summed E-state index contributed by atoms with van der Waals surface area (Å²) in [7, 11) is 0. The van der Waals surface area contributed by atoms with Gasteiger partial charge in [-0.3, -0.25) is 0 Å². The average Bonchev–Trinajstić information content (AvgIpc) is 2.05. The van der Waals surface area contributed by atoms with Crippen LogP contribution in [0.3, 0.4) is 0 Å². The van der Waals surface area contributed by atoms with Gasteiger partial charge in [-0.05, 0) is 6.07 Å². The van der Waals surface area contributed by atoms with E-state index in [1.165, 1.54) is 12.3 Å². The Hall–Kier alpha value is -1.67. The van der Waals surface area contributed by atoms with Crippen LogP contribution in [0.25, 0.3) is 0 Å². The van der Waals surface area contributed by atoms with Crippen molar-refractivity contribution in [2.45, 2.75) is 0 Å². The fraction of sp³-hybridized carbons (Fsp3) is 0. The van der Waals surface area contributed by atoms with Gasteiger partial charge in [0.2, 0.25) is 0 Å². The van der Waals surface area contributed by atoms with Crippen LogP contribution in [0.15, 0.2) is 12.3 Å². The number of hydrogen-bond acceptors (Lipinski definition) is 4. The van der Waals surface area contributed by atoms with Crippen molar-refractivity contribution in [2.75, 3.05) is 5.73 Å². The first-order valence-corrected chi connectivity index (χ1v) is 3.51. The smallest absolute Gasteiger partial charge is 0.133 e. The van der Waals surface area contributed by atoms with Crippen LogP contribution >= 0.6 is 12.2 Å². The normalized spacial score (nSPS) is 8.92. The van der Waals surface area contributed by atoms with Gasteiger partial charge < -0.3 is 11.5 Å². The number of nitrogen functional groups attached to an aromatic ring is 1. The summed E-state index contributed by atoms with van der Waals surface area (Å²) < 4.78 is 0. The summed E-state index contributed by atoms with van der Waals surface area (Å²) in [5.41, 5.74) is 11.6. The zero-order chi connectivity index (χ0) is 9.14. The number of anilines is 1. The Morgan fingerprint density at radius 3 is 2.83 bits per heavy atom. The van der Waals surface area contributed by atoms with Crippen molar-refractivity contribution in [3.8, 4) is 6.07 Å². The van der Waals surface area contributed by atoms with Crippen molar-refractivity contribution >= 4 is 23.0 Å². The molecule has 0 spiro atoms. The van der Waals surface area contributed by atoms with Crippen molar-refractivity contribution in [2.24, 2.45) is 5.73 Å². The molecule has 0 amide bonds. The highest BCUT2D eigenvalue weighted by molar-refractivity contribution is 7.80. The summed E-state index contributed by atoms with van der Waals surface area (Å²) in [5, 5.41) is 8.52. The fourth-order valence-electron chi connectivity index (χ4n) is 0.734. The van der Waals surface area contributed by atoms with Crippen molar-refractivity contribution in [3.05, 3.63) is 23.4 Å². The number of nitriles is 1. The van der Waals surface area contributed by atoms with E-state index in [4.69, 9.17) is 28.9 Å². The van der Waals surface area contributed by atoms with Crippen molar-refractivity contribution in [3.63, 3.8) is 0 Å². The van der Waals surface area contributed by atoms with Gasteiger partial charge in [-0.25, -0.2) is 4.98 Å². The minimum atomic E-state index is 0.150. The molecular weight excluding hydrogens is 172 g/mol. The third-order valence-electron chi connectivity index (χ3n) is 1.31. The number of aromatic nitrogens is 1. The number of hydrogen-bond donors (Lipinski definition) is 2. The Balaban J connectivity index is 3.28. The van der Waals surface area contributed by atoms with E-state index in [0.717, 1.165) is 0 Å². The quantitative estimate of drug-likeness (QED) is 0.598. The molecule has 1 aromatic heterocycles. The number of nitrogens with two attached hydrogens (primary N) is 2. The molecule has 0 aromatic carbocycles. The van der Waals surface area contributed by atoms with Crippen LogP contribution in [0.4, 0.5) is 5.82 Å². The Labute approximate surface area is 74.8 Å². The summed E-state index contributed by atoms with van der Waals surface area (Å²) in [5.74, 6) is 0.251. The Morgan fingerprint density at radius 2 is 2.33 bits per heavy atom. The first-order valence-electron chi connectivity index (χ1n) is 3.10. The number of pyridine rings is 1. The standard InChI is InChI=1S/C7H6N4S/c8-2-4-1-5(7(10)12)6(9)11-3-4/h1,3H,(H2,9,11)(H2,10,12). The van der Waals surface area contributed by atoms with Gasteiger partial charge in [0.25, 0.3) is 0 Å². The van der Waals surface area contributed by atoms with Gasteiger partial charge in [-0.2, -0.15) is 5.26 Å². The van der Waals surface area contributed by atoms with E-state index in [0.29, 0.717) is 11.1 Å². The van der Waals surface area contributed by atoms with Gasteiger partial charge >= 0.3 is 0 Å². The maximum atomic E-state index is 8.52. The predicted molar refractivity (Wildman–Crippen MR) is 49.3 cm³/mol. The van der Waals surface area contributed by atoms with E-state index in [1.807, 2.05) is 6.07 Å². The summed E-state index contributed by atoms with van der Waals surface area (Å²) in [6.45, 7) is 0. The van der Waals surface area contributed by atoms with Crippen molar-refractivity contribution < 1.29 is 0 Å². The van der Waals surface area contributed by atoms with E-state index in [9.17, 15) is 0 Å². The molecule has 0 aliphatic heterocycles. The third kappa shape index (κ3) is 1.49. The van der Waals surface area contributed by atoms with Crippen LogP contribution in [0.5, 0.6) is 0 Å². The van der Waals surface area contributed by atoms with E-state index >= 15 is 0 Å². The van der Waals surface area contributed by atoms with E-state index < -0.39 is 0 Å². The maximum Gasteiger partial charge on any atom is 0.133 e. The Morgan fingerprint density at radius 1 is 1.67 bits per heavy atom. The van der Waals surface area contributed by atoms with E-state index in [2.05, 4.69) is 4.98 Å². The van der Waals surface area contributed by atoms with Crippen molar-refractivity contribution in [1.29, 1.82) is 5.26 Å². The highest BCUT2D eigenvalue weighted by atomic mass is 32.1. The lowest BCUT2D eigenvalue weighted by Gasteiger charge is -2.01. The lowest BCUT2D eigenvalue weighted by atomic mass is 10.2. The zero-order valence-electron chi connectivity index (χ0n) is 6.11. The van der Waals surface area contributed by atoms with Crippen LogP contribution in [0.1, 0.15) is 11.1 Å². The second-order valence-electron chi connectivity index (χ2n) is 2.13. The molecule has 0 bridgehead atoms. The SMILES string of the molecule is N#Cc1cnc(N)c(C(N)=S)c1. The van der Waals surface area contributed by atoms with Gasteiger partial charge in [0.1, 0.15) is 16.9 Å². The lowest BCUT2D eigenvalue weighted by molar-refractivity contribution is 1.30. The van der Waals surface area contributed by atoms with E-state index in [1.54, 1.807) is 0 Å². The molecule has 60 valence electrons. The number of rotatable bonds is 1. The summed E-state index contributed by atoms with van der Waals surface area (Å²) in [6.07, 6.45) is 1.37. The third-order valence-corrected chi connectivity index (χ3v) is 1.53. The summed E-state index contributed by atoms with van der Waals surface area (Å²) in [4.78, 5) is 3.91. The Bertz CT molecular complexity index is 366. The van der Waals surface area contributed by atoms with Gasteiger partial charge in [0, 0.05) is 6.20 Å². The molecule has 0 aliphatic rings. The summed E-state index contributed by atoms with van der Waals surface area (Å²) >= 11 is 4.71. The molecule has 0 saturated heterocycles. The predicted octanol–water partition coefficient (Wildman–Crippen LogP) is 0.170. The molecule has 0 aliphatic carbocycles. The van der Waals surface area contributed by atoms with Gasteiger partial charge in [-0.15, -0.1) is 0 Å². The largest absolute Gasteiger partial charge is 0.389 e. The molecule has 1 heterocycles. The molecule has 4 N–H and O–H groups in total. The highest BCUT2D eigenvalue weighted by Crippen LogP contribution is 2.09. The van der Waals surface area contributed by atoms with Crippen LogP contribution in [-0.4, -0.2) is 9.97 Å². The molecule has 12 heavy (non-hydrogen) atoms. The lowest BCUT2D eigenvalue weighted by Crippen LogP contribution is -2.13. The molecule has 0 unspecified atom stereocenters. The molecule has 5 heteroatoms. The van der Waals surface area contributed by atoms with Crippen LogP contribution < -0.4 is 11.5 Å². The van der Waals surface area contributed by atoms with Gasteiger partial charge in [-0.1, -0.05) is 12.2 Å². The molecule has 0 radical (unpaired) electrons. The van der Waals surface area contributed by atoms with Gasteiger partial charge in [0.15, 0.2) is 0 Å². The van der Waals surface area contributed by atoms with Crippen LogP contribution in [-0.2, 0) is 0 Å². The van der Waals surface area contributed by atoms with Crippen LogP contribution in [0, 0.1) is 11.3 Å². The topological polar surface area (TPSA) is 88.7 Å². The molecule has 1 rings (SSSR count). The van der Waals surface area contributed by atoms with E-state index in [-0.39, 0.29) is 10.8 Å². The average molecular weight is 178 g/mol. The maximum absolute atomic E-state index is 8.52. The monoisotopic (exact) mass is 178 g/mol. The molecular formula is C7H6N4S. The first-order chi connectivity index (χ1) is 5.65. The first kappa shape index (κ1) is 8.43. The van der Waals surface area contributed by atoms with Gasteiger partial charge in [0.05, 0.1) is 11.1 Å². The van der Waals surface area contributed by atoms with Crippen LogP contribution in [0.2, 0.25) is 0 Å². The number of nitrogens with zero attached hydrogens (tertiary/aromatic N) is 2. The minimum absolute atomic E-state index is 0.150. The molecule has 0 atom stereocenters. The highest BCUT2D eigenvalue weighted by Gasteiger charge is 2.03. The Kier molecular flexibility index (Phi) is 2.21.